The van der Waals surface area contributed by atoms with Gasteiger partial charge in [0.05, 0.1) is 10.0 Å². The van der Waals surface area contributed by atoms with Gasteiger partial charge in [-0.3, -0.25) is 0 Å². The zero-order valence-electron chi connectivity index (χ0n) is 11.8. The van der Waals surface area contributed by atoms with Gasteiger partial charge in [-0.05, 0) is 49.8 Å². The zero-order valence-corrected chi connectivity index (χ0v) is 13.3. The lowest BCUT2D eigenvalue weighted by atomic mass is 9.95. The van der Waals surface area contributed by atoms with Gasteiger partial charge < -0.3 is 15.4 Å². The normalized spacial score (nSPS) is 15.7. The number of rotatable bonds is 5. The molecular weight excluding hydrogens is 311 g/mol. The van der Waals surface area contributed by atoms with E-state index in [2.05, 4.69) is 10.6 Å². The van der Waals surface area contributed by atoms with Gasteiger partial charge in [0.25, 0.3) is 0 Å². The van der Waals surface area contributed by atoms with Crippen molar-refractivity contribution in [3.8, 4) is 0 Å². The lowest BCUT2D eigenvalue weighted by Crippen LogP contribution is -2.30. The molecular formula is C15H20Cl2N2O2. The second-order valence-corrected chi connectivity index (χ2v) is 6.02. The van der Waals surface area contributed by atoms with Crippen LogP contribution in [0.15, 0.2) is 18.2 Å². The number of hydrogen-bond acceptors (Lipinski definition) is 2. The number of urea groups is 1. The molecule has 6 heteroatoms. The van der Waals surface area contributed by atoms with Crippen molar-refractivity contribution in [2.24, 2.45) is 5.92 Å². The topological polar surface area (TPSA) is 50.4 Å². The van der Waals surface area contributed by atoms with Crippen molar-refractivity contribution in [2.45, 2.75) is 25.7 Å². The Morgan fingerprint density at radius 3 is 2.71 bits per heavy atom. The fourth-order valence-corrected chi connectivity index (χ4v) is 2.67. The number of benzene rings is 1. The molecule has 0 atom stereocenters. The average Bonchev–Trinajstić information content (AvgIpc) is 2.49. The van der Waals surface area contributed by atoms with Crippen LogP contribution in [0.2, 0.25) is 10.0 Å². The predicted molar refractivity (Wildman–Crippen MR) is 86.3 cm³/mol. The lowest BCUT2D eigenvalue weighted by Gasteiger charge is -2.21. The molecule has 0 aromatic heterocycles. The van der Waals surface area contributed by atoms with Crippen LogP contribution in [-0.4, -0.2) is 25.8 Å². The Labute approximate surface area is 135 Å². The van der Waals surface area contributed by atoms with E-state index < -0.39 is 0 Å². The van der Waals surface area contributed by atoms with Gasteiger partial charge in [0.15, 0.2) is 0 Å². The fourth-order valence-electron chi connectivity index (χ4n) is 2.38. The van der Waals surface area contributed by atoms with Gasteiger partial charge in [-0.15, -0.1) is 0 Å². The second kappa shape index (κ2) is 8.47. The molecule has 1 aliphatic heterocycles. The highest BCUT2D eigenvalue weighted by atomic mass is 35.5. The molecule has 0 radical (unpaired) electrons. The summed E-state index contributed by atoms with van der Waals surface area (Å²) < 4.78 is 5.33. The molecule has 1 aromatic rings. The molecule has 0 spiro atoms. The van der Waals surface area contributed by atoms with Gasteiger partial charge in [0, 0.05) is 25.4 Å². The third-order valence-corrected chi connectivity index (χ3v) is 4.33. The van der Waals surface area contributed by atoms with Gasteiger partial charge in [-0.2, -0.15) is 0 Å². The Hall–Kier alpha value is -0.970. The van der Waals surface area contributed by atoms with Gasteiger partial charge in [-0.25, -0.2) is 4.79 Å². The summed E-state index contributed by atoms with van der Waals surface area (Å²) in [5.41, 5.74) is 0.631. The summed E-state index contributed by atoms with van der Waals surface area (Å²) in [6.07, 6.45) is 4.39. The number of ether oxygens (including phenoxy) is 1. The number of carbonyl (C=O) groups excluding carboxylic acids is 1. The largest absolute Gasteiger partial charge is 0.381 e. The van der Waals surface area contributed by atoms with Crippen molar-refractivity contribution in [1.82, 2.24) is 5.32 Å². The van der Waals surface area contributed by atoms with Crippen LogP contribution < -0.4 is 10.6 Å². The number of carbonyl (C=O) groups is 1. The highest BCUT2D eigenvalue weighted by Gasteiger charge is 2.13. The Morgan fingerprint density at radius 1 is 1.24 bits per heavy atom. The Kier molecular flexibility index (Phi) is 6.61. The quantitative estimate of drug-likeness (QED) is 0.790. The number of anilines is 1. The average molecular weight is 331 g/mol. The summed E-state index contributed by atoms with van der Waals surface area (Å²) >= 11 is 11.7. The molecule has 0 unspecified atom stereocenters. The number of halogens is 2. The minimum absolute atomic E-state index is 0.222. The van der Waals surface area contributed by atoms with Crippen molar-refractivity contribution in [2.75, 3.05) is 25.1 Å². The first kappa shape index (κ1) is 16.4. The Balaban J connectivity index is 1.63. The maximum absolute atomic E-state index is 11.7. The van der Waals surface area contributed by atoms with E-state index in [4.69, 9.17) is 27.9 Å². The van der Waals surface area contributed by atoms with Crippen LogP contribution in [0.25, 0.3) is 0 Å². The van der Waals surface area contributed by atoms with Crippen LogP contribution in [-0.2, 0) is 4.74 Å². The van der Waals surface area contributed by atoms with E-state index in [0.717, 1.165) is 44.8 Å². The van der Waals surface area contributed by atoms with Crippen LogP contribution in [0.1, 0.15) is 25.7 Å². The molecule has 1 aromatic carbocycles. The zero-order chi connectivity index (χ0) is 15.1. The maximum atomic E-state index is 11.7. The van der Waals surface area contributed by atoms with Gasteiger partial charge in [0.1, 0.15) is 0 Å². The molecule has 1 saturated heterocycles. The first-order chi connectivity index (χ1) is 10.1. The number of amides is 2. The molecule has 1 fully saturated rings. The second-order valence-electron chi connectivity index (χ2n) is 5.21. The highest BCUT2D eigenvalue weighted by Crippen LogP contribution is 2.25. The minimum atomic E-state index is -0.222. The molecule has 116 valence electrons. The summed E-state index contributed by atoms with van der Waals surface area (Å²) in [5.74, 6) is 0.735. The molecule has 4 nitrogen and oxygen atoms in total. The molecule has 2 amide bonds. The minimum Gasteiger partial charge on any atom is -0.381 e. The first-order valence-electron chi connectivity index (χ1n) is 7.23. The van der Waals surface area contributed by atoms with E-state index in [0.29, 0.717) is 22.3 Å². The standard InChI is InChI=1S/C15H20Cl2N2O2/c16-13-4-3-12(10-14(13)17)19-15(20)18-7-1-2-11-5-8-21-9-6-11/h3-4,10-11H,1-2,5-9H2,(H2,18,19,20). The number of hydrogen-bond donors (Lipinski definition) is 2. The van der Waals surface area contributed by atoms with Gasteiger partial charge in [0.2, 0.25) is 0 Å². The van der Waals surface area contributed by atoms with Crippen LogP contribution in [0.4, 0.5) is 10.5 Å². The van der Waals surface area contributed by atoms with Gasteiger partial charge in [-0.1, -0.05) is 23.2 Å². The van der Waals surface area contributed by atoms with Crippen molar-refractivity contribution < 1.29 is 9.53 Å². The van der Waals surface area contributed by atoms with Crippen molar-refractivity contribution in [1.29, 1.82) is 0 Å². The number of nitrogens with one attached hydrogen (secondary N) is 2. The Bertz CT molecular complexity index is 477. The molecule has 1 heterocycles. The first-order valence-corrected chi connectivity index (χ1v) is 7.98. The monoisotopic (exact) mass is 330 g/mol. The molecule has 0 saturated carbocycles. The summed E-state index contributed by atoms with van der Waals surface area (Å²) in [7, 11) is 0. The van der Waals surface area contributed by atoms with Crippen molar-refractivity contribution >= 4 is 34.9 Å². The van der Waals surface area contributed by atoms with Crippen LogP contribution in [0.3, 0.4) is 0 Å². The van der Waals surface area contributed by atoms with E-state index in [1.165, 1.54) is 0 Å². The summed E-state index contributed by atoms with van der Waals surface area (Å²) in [5, 5.41) is 6.48. The molecule has 0 bridgehead atoms. The van der Waals surface area contributed by atoms with Crippen molar-refractivity contribution in [3.63, 3.8) is 0 Å². The smallest absolute Gasteiger partial charge is 0.319 e. The van der Waals surface area contributed by atoms with Crippen LogP contribution in [0, 0.1) is 5.92 Å². The lowest BCUT2D eigenvalue weighted by molar-refractivity contribution is 0.0634. The van der Waals surface area contributed by atoms with E-state index in [1.54, 1.807) is 18.2 Å². The molecule has 21 heavy (non-hydrogen) atoms. The van der Waals surface area contributed by atoms with Gasteiger partial charge >= 0.3 is 6.03 Å². The van der Waals surface area contributed by atoms with E-state index in [1.807, 2.05) is 0 Å². The maximum Gasteiger partial charge on any atom is 0.319 e. The molecule has 2 rings (SSSR count). The molecule has 2 N–H and O–H groups in total. The van der Waals surface area contributed by atoms with E-state index >= 15 is 0 Å². The molecule has 0 aliphatic carbocycles. The van der Waals surface area contributed by atoms with E-state index in [9.17, 15) is 4.79 Å². The van der Waals surface area contributed by atoms with Crippen LogP contribution in [0.5, 0.6) is 0 Å². The highest BCUT2D eigenvalue weighted by molar-refractivity contribution is 6.42. The summed E-state index contributed by atoms with van der Waals surface area (Å²) in [6, 6.07) is 4.78. The fraction of sp³-hybridized carbons (Fsp3) is 0.533. The SMILES string of the molecule is O=C(NCCCC1CCOCC1)Nc1ccc(Cl)c(Cl)c1. The Morgan fingerprint density at radius 2 is 2.00 bits per heavy atom. The predicted octanol–water partition coefficient (Wildman–Crippen LogP) is 4.32. The third-order valence-electron chi connectivity index (χ3n) is 3.59. The summed E-state index contributed by atoms with van der Waals surface area (Å²) in [4.78, 5) is 11.7. The molecule has 1 aliphatic rings. The van der Waals surface area contributed by atoms with E-state index in [-0.39, 0.29) is 6.03 Å². The third kappa shape index (κ3) is 5.73. The van der Waals surface area contributed by atoms with Crippen LogP contribution >= 0.6 is 23.2 Å². The van der Waals surface area contributed by atoms with Crippen molar-refractivity contribution in [3.05, 3.63) is 28.2 Å². The summed E-state index contributed by atoms with van der Waals surface area (Å²) in [6.45, 7) is 2.41.